The molecule has 0 aliphatic rings. The molecule has 0 aliphatic heterocycles. The third-order valence-electron chi connectivity index (χ3n) is 3.78. The molecule has 0 radical (unpaired) electrons. The number of nitrogens with zero attached hydrogens (tertiary/aromatic N) is 1. The third-order valence-corrected chi connectivity index (χ3v) is 3.78. The van der Waals surface area contributed by atoms with E-state index in [0.717, 1.165) is 24.8 Å². The van der Waals surface area contributed by atoms with Crippen LogP contribution in [0.3, 0.4) is 0 Å². The summed E-state index contributed by atoms with van der Waals surface area (Å²) in [5.74, 6) is 2.14. The monoisotopic (exact) mass is 256 g/mol. The smallest absolute Gasteiger partial charge is 0.00970 e. The largest absolute Gasteiger partial charge is 0.327 e. The van der Waals surface area contributed by atoms with Gasteiger partial charge in [0, 0.05) is 12.1 Å². The Hall–Kier alpha value is -0.0800. The van der Waals surface area contributed by atoms with E-state index in [9.17, 15) is 0 Å². The zero-order chi connectivity index (χ0) is 14.3. The highest BCUT2D eigenvalue weighted by Crippen LogP contribution is 2.19. The zero-order valence-corrected chi connectivity index (χ0v) is 13.7. The molecule has 0 aliphatic carbocycles. The Morgan fingerprint density at radius 1 is 0.889 bits per heavy atom. The Labute approximate surface area is 115 Å². The van der Waals surface area contributed by atoms with Crippen LogP contribution >= 0.6 is 0 Å². The first kappa shape index (κ1) is 17.9. The molecule has 18 heavy (non-hydrogen) atoms. The van der Waals surface area contributed by atoms with Gasteiger partial charge in [-0.05, 0) is 50.6 Å². The van der Waals surface area contributed by atoms with Crippen LogP contribution in [0.5, 0.6) is 0 Å². The van der Waals surface area contributed by atoms with E-state index < -0.39 is 0 Å². The summed E-state index contributed by atoms with van der Waals surface area (Å²) in [6, 6.07) is 1.05. The summed E-state index contributed by atoms with van der Waals surface area (Å²) in [5, 5.41) is 0. The van der Waals surface area contributed by atoms with Crippen molar-refractivity contribution >= 4 is 0 Å². The number of hydrogen-bond donors (Lipinski definition) is 1. The predicted octanol–water partition coefficient (Wildman–Crippen LogP) is 3.75. The lowest BCUT2D eigenvalue weighted by Gasteiger charge is -2.32. The summed E-state index contributed by atoms with van der Waals surface area (Å²) < 4.78 is 0. The first-order valence-corrected chi connectivity index (χ1v) is 7.69. The van der Waals surface area contributed by atoms with Crippen LogP contribution in [0.1, 0.15) is 60.8 Å². The predicted molar refractivity (Wildman–Crippen MR) is 82.8 cm³/mol. The maximum absolute atomic E-state index is 6.14. The fourth-order valence-electron chi connectivity index (χ4n) is 2.41. The molecule has 0 bridgehead atoms. The Morgan fingerprint density at radius 2 is 1.33 bits per heavy atom. The standard InChI is InChI=1S/C16H36N2/c1-12(2)10-15(11-13(3)4)18(7)9-8-16(17)14(5)6/h12-16H,8-11,17H2,1-7H3. The quantitative estimate of drug-likeness (QED) is 0.681. The highest BCUT2D eigenvalue weighted by Gasteiger charge is 2.18. The summed E-state index contributed by atoms with van der Waals surface area (Å²) in [6.07, 6.45) is 3.71. The van der Waals surface area contributed by atoms with Gasteiger partial charge in [-0.15, -0.1) is 0 Å². The molecule has 0 saturated heterocycles. The molecule has 2 heteroatoms. The number of rotatable bonds is 9. The SMILES string of the molecule is CC(C)CC(CC(C)C)N(C)CCC(N)C(C)C. The van der Waals surface area contributed by atoms with Crippen molar-refractivity contribution in [3.8, 4) is 0 Å². The molecule has 0 saturated carbocycles. The molecule has 2 N–H and O–H groups in total. The molecule has 0 rings (SSSR count). The second-order valence-corrected chi connectivity index (χ2v) is 7.09. The van der Waals surface area contributed by atoms with Crippen LogP contribution in [0.15, 0.2) is 0 Å². The lowest BCUT2D eigenvalue weighted by atomic mass is 9.94. The van der Waals surface area contributed by atoms with Crippen molar-refractivity contribution in [2.24, 2.45) is 23.5 Å². The van der Waals surface area contributed by atoms with E-state index in [0.29, 0.717) is 18.0 Å². The fraction of sp³-hybridized carbons (Fsp3) is 1.00. The molecule has 0 fully saturated rings. The molecule has 0 aromatic carbocycles. The van der Waals surface area contributed by atoms with E-state index in [-0.39, 0.29) is 0 Å². The van der Waals surface area contributed by atoms with Gasteiger partial charge in [0.05, 0.1) is 0 Å². The summed E-state index contributed by atoms with van der Waals surface area (Å²) in [4.78, 5) is 2.53. The van der Waals surface area contributed by atoms with Gasteiger partial charge in [0.15, 0.2) is 0 Å². The Balaban J connectivity index is 4.23. The average molecular weight is 256 g/mol. The fourth-order valence-corrected chi connectivity index (χ4v) is 2.41. The van der Waals surface area contributed by atoms with Crippen LogP contribution in [0.4, 0.5) is 0 Å². The number of hydrogen-bond acceptors (Lipinski definition) is 2. The normalized spacial score (nSPS) is 14.5. The molecule has 1 atom stereocenters. The lowest BCUT2D eigenvalue weighted by Crippen LogP contribution is -2.38. The van der Waals surface area contributed by atoms with E-state index in [1.54, 1.807) is 0 Å². The van der Waals surface area contributed by atoms with Gasteiger partial charge in [0.1, 0.15) is 0 Å². The Bertz CT molecular complexity index is 189. The van der Waals surface area contributed by atoms with Crippen LogP contribution in [-0.4, -0.2) is 30.6 Å². The molecule has 0 heterocycles. The minimum absolute atomic E-state index is 0.339. The van der Waals surface area contributed by atoms with Crippen molar-refractivity contribution in [1.82, 2.24) is 4.90 Å². The summed E-state index contributed by atoms with van der Waals surface area (Å²) in [6.45, 7) is 14.8. The lowest BCUT2D eigenvalue weighted by molar-refractivity contribution is 0.177. The summed E-state index contributed by atoms with van der Waals surface area (Å²) >= 11 is 0. The minimum atomic E-state index is 0.339. The molecule has 2 nitrogen and oxygen atoms in total. The molecular weight excluding hydrogens is 220 g/mol. The van der Waals surface area contributed by atoms with Crippen LogP contribution in [0, 0.1) is 17.8 Å². The average Bonchev–Trinajstić information content (AvgIpc) is 2.22. The van der Waals surface area contributed by atoms with Gasteiger partial charge in [-0.3, -0.25) is 0 Å². The van der Waals surface area contributed by atoms with Crippen LogP contribution in [-0.2, 0) is 0 Å². The highest BCUT2D eigenvalue weighted by atomic mass is 15.1. The first-order valence-electron chi connectivity index (χ1n) is 7.69. The highest BCUT2D eigenvalue weighted by molar-refractivity contribution is 4.74. The van der Waals surface area contributed by atoms with Gasteiger partial charge in [0.2, 0.25) is 0 Å². The molecule has 0 aromatic heterocycles. The second kappa shape index (κ2) is 8.92. The second-order valence-electron chi connectivity index (χ2n) is 7.09. The summed E-state index contributed by atoms with van der Waals surface area (Å²) in [5.41, 5.74) is 6.14. The third kappa shape index (κ3) is 8.10. The van der Waals surface area contributed by atoms with Crippen molar-refractivity contribution in [3.05, 3.63) is 0 Å². The van der Waals surface area contributed by atoms with Crippen molar-refractivity contribution < 1.29 is 0 Å². The Kier molecular flexibility index (Phi) is 8.89. The van der Waals surface area contributed by atoms with Gasteiger partial charge in [0.25, 0.3) is 0 Å². The molecule has 0 spiro atoms. The van der Waals surface area contributed by atoms with Gasteiger partial charge >= 0.3 is 0 Å². The van der Waals surface area contributed by atoms with E-state index in [1.165, 1.54) is 12.8 Å². The van der Waals surface area contributed by atoms with Crippen molar-refractivity contribution in [2.45, 2.75) is 72.9 Å². The van der Waals surface area contributed by atoms with Crippen molar-refractivity contribution in [2.75, 3.05) is 13.6 Å². The molecule has 0 amide bonds. The summed E-state index contributed by atoms with van der Waals surface area (Å²) in [7, 11) is 2.27. The van der Waals surface area contributed by atoms with E-state index in [4.69, 9.17) is 5.73 Å². The van der Waals surface area contributed by atoms with Crippen LogP contribution in [0.25, 0.3) is 0 Å². The maximum atomic E-state index is 6.14. The van der Waals surface area contributed by atoms with Gasteiger partial charge in [-0.1, -0.05) is 41.5 Å². The van der Waals surface area contributed by atoms with Gasteiger partial charge in [-0.25, -0.2) is 0 Å². The maximum Gasteiger partial charge on any atom is 0.00970 e. The minimum Gasteiger partial charge on any atom is -0.327 e. The van der Waals surface area contributed by atoms with Crippen molar-refractivity contribution in [3.63, 3.8) is 0 Å². The van der Waals surface area contributed by atoms with Crippen LogP contribution in [0.2, 0.25) is 0 Å². The molecule has 1 unspecified atom stereocenters. The zero-order valence-electron chi connectivity index (χ0n) is 13.7. The van der Waals surface area contributed by atoms with Gasteiger partial charge < -0.3 is 10.6 Å². The Morgan fingerprint density at radius 3 is 1.67 bits per heavy atom. The number of nitrogens with two attached hydrogens (primary N) is 1. The molecule has 0 aromatic rings. The van der Waals surface area contributed by atoms with Crippen molar-refractivity contribution in [1.29, 1.82) is 0 Å². The molecular formula is C16H36N2. The van der Waals surface area contributed by atoms with E-state index >= 15 is 0 Å². The van der Waals surface area contributed by atoms with E-state index in [1.807, 2.05) is 0 Å². The molecule has 110 valence electrons. The van der Waals surface area contributed by atoms with E-state index in [2.05, 4.69) is 53.5 Å². The van der Waals surface area contributed by atoms with Gasteiger partial charge in [-0.2, -0.15) is 0 Å². The van der Waals surface area contributed by atoms with Crippen LogP contribution < -0.4 is 5.73 Å². The first-order chi connectivity index (χ1) is 8.23. The topological polar surface area (TPSA) is 29.3 Å².